The summed E-state index contributed by atoms with van der Waals surface area (Å²) in [4.78, 5) is 4.38. The Morgan fingerprint density at radius 2 is 1.85 bits per heavy atom. The zero-order valence-electron chi connectivity index (χ0n) is 12.5. The van der Waals surface area contributed by atoms with Crippen molar-refractivity contribution in [3.8, 4) is 0 Å². The first-order chi connectivity index (χ1) is 9.57. The fourth-order valence-electron chi connectivity index (χ4n) is 3.44. The van der Waals surface area contributed by atoms with Gasteiger partial charge in [-0.25, -0.2) is 0 Å². The quantitative estimate of drug-likeness (QED) is 0.874. The van der Waals surface area contributed by atoms with Gasteiger partial charge in [0.25, 0.3) is 0 Å². The van der Waals surface area contributed by atoms with Gasteiger partial charge >= 0.3 is 0 Å². The van der Waals surface area contributed by atoms with E-state index >= 15 is 0 Å². The van der Waals surface area contributed by atoms with Gasteiger partial charge < -0.3 is 5.73 Å². The number of hydrogen-bond donors (Lipinski definition) is 1. The van der Waals surface area contributed by atoms with Crippen molar-refractivity contribution in [3.05, 3.63) is 42.2 Å². The molecule has 3 rings (SSSR count). The van der Waals surface area contributed by atoms with E-state index in [-0.39, 0.29) is 6.04 Å². The van der Waals surface area contributed by atoms with Crippen LogP contribution in [0.1, 0.15) is 51.1 Å². The lowest BCUT2D eigenvalue weighted by Crippen LogP contribution is -2.29. The topological polar surface area (TPSA) is 38.9 Å². The normalized spacial score (nSPS) is 20.9. The number of hydrogen-bond acceptors (Lipinski definition) is 2. The Labute approximate surface area is 121 Å². The van der Waals surface area contributed by atoms with Crippen molar-refractivity contribution < 1.29 is 0 Å². The van der Waals surface area contributed by atoms with Crippen molar-refractivity contribution in [2.45, 2.75) is 45.6 Å². The predicted molar refractivity (Wildman–Crippen MR) is 84.4 cm³/mol. The molecule has 1 aliphatic rings. The minimum Gasteiger partial charge on any atom is -0.324 e. The van der Waals surface area contributed by atoms with Gasteiger partial charge in [0.2, 0.25) is 0 Å². The zero-order chi connectivity index (χ0) is 14.2. The van der Waals surface area contributed by atoms with Crippen molar-refractivity contribution in [1.82, 2.24) is 4.98 Å². The SMILES string of the molecule is CC1(C)CCC(C(N)c2cncc3ccccc23)CC1. The van der Waals surface area contributed by atoms with Gasteiger partial charge in [0, 0.05) is 23.8 Å². The Morgan fingerprint density at radius 1 is 1.15 bits per heavy atom. The summed E-state index contributed by atoms with van der Waals surface area (Å²) in [6.45, 7) is 4.74. The molecule has 1 aromatic carbocycles. The fraction of sp³-hybridized carbons (Fsp3) is 0.500. The number of aromatic nitrogens is 1. The van der Waals surface area contributed by atoms with Gasteiger partial charge in [-0.3, -0.25) is 4.98 Å². The highest BCUT2D eigenvalue weighted by atomic mass is 14.7. The molecule has 0 amide bonds. The summed E-state index contributed by atoms with van der Waals surface area (Å²) in [5.74, 6) is 0.593. The number of nitrogens with two attached hydrogens (primary N) is 1. The molecule has 0 spiro atoms. The molecular weight excluding hydrogens is 244 g/mol. The van der Waals surface area contributed by atoms with E-state index in [0.29, 0.717) is 11.3 Å². The number of pyridine rings is 1. The van der Waals surface area contributed by atoms with Crippen molar-refractivity contribution in [2.75, 3.05) is 0 Å². The average molecular weight is 268 g/mol. The molecule has 1 heterocycles. The first-order valence-electron chi connectivity index (χ1n) is 7.65. The van der Waals surface area contributed by atoms with Crippen LogP contribution in [0.5, 0.6) is 0 Å². The summed E-state index contributed by atoms with van der Waals surface area (Å²) < 4.78 is 0. The molecule has 1 fully saturated rings. The highest BCUT2D eigenvalue weighted by Gasteiger charge is 2.31. The molecule has 1 saturated carbocycles. The highest BCUT2D eigenvalue weighted by molar-refractivity contribution is 5.85. The van der Waals surface area contributed by atoms with Gasteiger partial charge in [0.15, 0.2) is 0 Å². The Kier molecular flexibility index (Phi) is 3.51. The Hall–Kier alpha value is -1.41. The summed E-state index contributed by atoms with van der Waals surface area (Å²) in [5.41, 5.74) is 8.29. The van der Waals surface area contributed by atoms with Gasteiger partial charge in [0.1, 0.15) is 0 Å². The van der Waals surface area contributed by atoms with Gasteiger partial charge in [0.05, 0.1) is 0 Å². The van der Waals surface area contributed by atoms with Crippen LogP contribution in [0, 0.1) is 11.3 Å². The monoisotopic (exact) mass is 268 g/mol. The molecule has 0 radical (unpaired) electrons. The maximum Gasteiger partial charge on any atom is 0.0346 e. The molecule has 1 unspecified atom stereocenters. The van der Waals surface area contributed by atoms with E-state index in [1.165, 1.54) is 42.0 Å². The lowest BCUT2D eigenvalue weighted by molar-refractivity contribution is 0.174. The van der Waals surface area contributed by atoms with Crippen molar-refractivity contribution in [3.63, 3.8) is 0 Å². The average Bonchev–Trinajstić information content (AvgIpc) is 2.46. The maximum atomic E-state index is 6.58. The highest BCUT2D eigenvalue weighted by Crippen LogP contribution is 2.42. The number of rotatable bonds is 2. The molecule has 1 aromatic heterocycles. The molecule has 2 aromatic rings. The summed E-state index contributed by atoms with van der Waals surface area (Å²) in [6, 6.07) is 8.54. The van der Waals surface area contributed by atoms with Crippen LogP contribution in [-0.2, 0) is 0 Å². The van der Waals surface area contributed by atoms with E-state index in [0.717, 1.165) is 0 Å². The van der Waals surface area contributed by atoms with Crippen molar-refractivity contribution in [2.24, 2.45) is 17.1 Å². The predicted octanol–water partition coefficient (Wildman–Crippen LogP) is 4.45. The third kappa shape index (κ3) is 2.57. The van der Waals surface area contributed by atoms with E-state index < -0.39 is 0 Å². The number of nitrogens with zero attached hydrogens (tertiary/aromatic N) is 1. The molecule has 106 valence electrons. The molecule has 2 nitrogen and oxygen atoms in total. The second kappa shape index (κ2) is 5.17. The fourth-order valence-corrected chi connectivity index (χ4v) is 3.44. The molecule has 0 aliphatic heterocycles. The first kappa shape index (κ1) is 13.6. The molecular formula is C18H24N2. The van der Waals surface area contributed by atoms with Crippen molar-refractivity contribution >= 4 is 10.8 Å². The van der Waals surface area contributed by atoms with Crippen LogP contribution < -0.4 is 5.73 Å². The third-order valence-corrected chi connectivity index (χ3v) is 4.95. The van der Waals surface area contributed by atoms with Crippen LogP contribution in [0.3, 0.4) is 0 Å². The van der Waals surface area contributed by atoms with Crippen LogP contribution in [0.25, 0.3) is 10.8 Å². The lowest BCUT2D eigenvalue weighted by Gasteiger charge is -2.37. The molecule has 20 heavy (non-hydrogen) atoms. The molecule has 0 saturated heterocycles. The van der Waals surface area contributed by atoms with Crippen LogP contribution in [0.15, 0.2) is 36.7 Å². The minimum absolute atomic E-state index is 0.115. The Morgan fingerprint density at radius 3 is 2.60 bits per heavy atom. The van der Waals surface area contributed by atoms with E-state index in [2.05, 4.69) is 43.1 Å². The van der Waals surface area contributed by atoms with Crippen LogP contribution in [0.4, 0.5) is 0 Å². The van der Waals surface area contributed by atoms with Crippen LogP contribution in [-0.4, -0.2) is 4.98 Å². The molecule has 2 heteroatoms. The summed E-state index contributed by atoms with van der Waals surface area (Å²) in [5, 5.41) is 2.46. The standard InChI is InChI=1S/C18H24N2/c1-18(2)9-7-13(8-10-18)17(19)16-12-20-11-14-5-3-4-6-15(14)16/h3-6,11-13,17H,7-10,19H2,1-2H3. The second-order valence-corrected chi connectivity index (χ2v) is 6.98. The first-order valence-corrected chi connectivity index (χ1v) is 7.65. The second-order valence-electron chi connectivity index (χ2n) is 6.98. The van der Waals surface area contributed by atoms with E-state index in [1.54, 1.807) is 0 Å². The summed E-state index contributed by atoms with van der Waals surface area (Å²) >= 11 is 0. The minimum atomic E-state index is 0.115. The van der Waals surface area contributed by atoms with Crippen LogP contribution >= 0.6 is 0 Å². The van der Waals surface area contributed by atoms with Crippen LogP contribution in [0.2, 0.25) is 0 Å². The molecule has 0 bridgehead atoms. The summed E-state index contributed by atoms with van der Waals surface area (Å²) in [7, 11) is 0. The smallest absolute Gasteiger partial charge is 0.0346 e. The summed E-state index contributed by atoms with van der Waals surface area (Å²) in [6.07, 6.45) is 8.92. The number of benzene rings is 1. The third-order valence-electron chi connectivity index (χ3n) is 4.95. The van der Waals surface area contributed by atoms with Gasteiger partial charge in [-0.15, -0.1) is 0 Å². The van der Waals surface area contributed by atoms with Gasteiger partial charge in [-0.05, 0) is 48.0 Å². The van der Waals surface area contributed by atoms with Gasteiger partial charge in [-0.2, -0.15) is 0 Å². The Balaban J connectivity index is 1.88. The zero-order valence-corrected chi connectivity index (χ0v) is 12.5. The Bertz CT molecular complexity index is 588. The van der Waals surface area contributed by atoms with Crippen molar-refractivity contribution in [1.29, 1.82) is 0 Å². The largest absolute Gasteiger partial charge is 0.324 e. The maximum absolute atomic E-state index is 6.58. The molecule has 1 aliphatic carbocycles. The van der Waals surface area contributed by atoms with Gasteiger partial charge in [-0.1, -0.05) is 38.1 Å². The van der Waals surface area contributed by atoms with E-state index in [1.807, 2.05) is 12.4 Å². The lowest BCUT2D eigenvalue weighted by atomic mass is 9.70. The van der Waals surface area contributed by atoms with E-state index in [4.69, 9.17) is 5.73 Å². The molecule has 2 N–H and O–H groups in total. The van der Waals surface area contributed by atoms with E-state index in [9.17, 15) is 0 Å². The molecule has 1 atom stereocenters. The number of fused-ring (bicyclic) bond motifs is 1.